The second-order valence-electron chi connectivity index (χ2n) is 4.46. The largest absolute Gasteiger partial charge is 0.492 e. The Morgan fingerprint density at radius 1 is 1.15 bits per heavy atom. The Bertz CT molecular complexity index is 667. The van der Waals surface area contributed by atoms with Crippen molar-refractivity contribution in [2.45, 2.75) is 6.54 Å². The molecule has 102 valence electrons. The van der Waals surface area contributed by atoms with Gasteiger partial charge in [0.25, 0.3) is 0 Å². The van der Waals surface area contributed by atoms with Crippen molar-refractivity contribution in [1.29, 1.82) is 0 Å². The molecule has 1 N–H and O–H groups in total. The Morgan fingerprint density at radius 2 is 2.15 bits per heavy atom. The molecule has 20 heavy (non-hydrogen) atoms. The first-order valence-corrected chi connectivity index (χ1v) is 7.50. The predicted octanol–water partition coefficient (Wildman–Crippen LogP) is 3.46. The summed E-state index contributed by atoms with van der Waals surface area (Å²) in [5, 5.41) is 6.59. The van der Waals surface area contributed by atoms with E-state index in [1.807, 2.05) is 24.3 Å². The van der Waals surface area contributed by atoms with Gasteiger partial charge in [0.2, 0.25) is 0 Å². The Morgan fingerprint density at radius 3 is 3.05 bits per heavy atom. The van der Waals surface area contributed by atoms with Gasteiger partial charge in [0.1, 0.15) is 12.4 Å². The SMILES string of the molecule is c1csc(CNCCOc2ccc3cccnc3c2)c1. The summed E-state index contributed by atoms with van der Waals surface area (Å²) in [4.78, 5) is 5.67. The van der Waals surface area contributed by atoms with E-state index in [0.29, 0.717) is 6.61 Å². The van der Waals surface area contributed by atoms with Gasteiger partial charge in [0.15, 0.2) is 0 Å². The van der Waals surface area contributed by atoms with Gasteiger partial charge in [-0.25, -0.2) is 0 Å². The van der Waals surface area contributed by atoms with Crippen LogP contribution in [0.1, 0.15) is 4.88 Å². The molecule has 0 radical (unpaired) electrons. The number of fused-ring (bicyclic) bond motifs is 1. The van der Waals surface area contributed by atoms with Crippen molar-refractivity contribution in [3.63, 3.8) is 0 Å². The summed E-state index contributed by atoms with van der Waals surface area (Å²) < 4.78 is 5.73. The lowest BCUT2D eigenvalue weighted by Gasteiger charge is -2.07. The van der Waals surface area contributed by atoms with Gasteiger partial charge in [0, 0.05) is 35.6 Å². The zero-order valence-corrected chi connectivity index (χ0v) is 11.9. The van der Waals surface area contributed by atoms with E-state index in [0.717, 1.165) is 29.7 Å². The van der Waals surface area contributed by atoms with Crippen LogP contribution in [0, 0.1) is 0 Å². The van der Waals surface area contributed by atoms with Crippen molar-refractivity contribution in [2.24, 2.45) is 0 Å². The van der Waals surface area contributed by atoms with Crippen molar-refractivity contribution >= 4 is 22.2 Å². The van der Waals surface area contributed by atoms with Gasteiger partial charge >= 0.3 is 0 Å². The van der Waals surface area contributed by atoms with E-state index in [9.17, 15) is 0 Å². The molecule has 3 nitrogen and oxygen atoms in total. The lowest BCUT2D eigenvalue weighted by atomic mass is 10.2. The van der Waals surface area contributed by atoms with Crippen LogP contribution in [0.25, 0.3) is 10.9 Å². The van der Waals surface area contributed by atoms with E-state index in [4.69, 9.17) is 4.74 Å². The molecule has 0 aliphatic rings. The molecular formula is C16H16N2OS. The molecule has 2 heterocycles. The van der Waals surface area contributed by atoms with Crippen LogP contribution >= 0.6 is 11.3 Å². The smallest absolute Gasteiger partial charge is 0.121 e. The first-order chi connectivity index (χ1) is 9.92. The van der Waals surface area contributed by atoms with Gasteiger partial charge in [-0.1, -0.05) is 12.1 Å². The molecule has 4 heteroatoms. The number of thiophene rings is 1. The van der Waals surface area contributed by atoms with Crippen LogP contribution in [0.3, 0.4) is 0 Å². The number of benzene rings is 1. The molecule has 0 fully saturated rings. The molecule has 0 amide bonds. The van der Waals surface area contributed by atoms with Crippen LogP contribution in [-0.4, -0.2) is 18.1 Å². The van der Waals surface area contributed by atoms with E-state index < -0.39 is 0 Å². The molecule has 1 aromatic carbocycles. The molecular weight excluding hydrogens is 268 g/mol. The minimum absolute atomic E-state index is 0.656. The van der Waals surface area contributed by atoms with E-state index in [1.54, 1.807) is 17.5 Å². The zero-order chi connectivity index (χ0) is 13.6. The molecule has 0 spiro atoms. The fourth-order valence-corrected chi connectivity index (χ4v) is 2.68. The van der Waals surface area contributed by atoms with Crippen LogP contribution in [0.2, 0.25) is 0 Å². The third-order valence-electron chi connectivity index (χ3n) is 3.00. The van der Waals surface area contributed by atoms with Crippen LogP contribution < -0.4 is 10.1 Å². The van der Waals surface area contributed by atoms with Crippen LogP contribution in [0.4, 0.5) is 0 Å². The molecule has 0 atom stereocenters. The maximum absolute atomic E-state index is 5.73. The molecule has 3 aromatic rings. The molecule has 0 aliphatic carbocycles. The Kier molecular flexibility index (Phi) is 4.25. The topological polar surface area (TPSA) is 34.1 Å². The summed E-state index contributed by atoms with van der Waals surface area (Å²) in [6, 6.07) is 14.2. The number of nitrogens with one attached hydrogen (secondary N) is 1. The van der Waals surface area contributed by atoms with Gasteiger partial charge < -0.3 is 10.1 Å². The van der Waals surface area contributed by atoms with E-state index >= 15 is 0 Å². The molecule has 0 saturated carbocycles. The first kappa shape index (κ1) is 13.1. The highest BCUT2D eigenvalue weighted by Gasteiger charge is 1.98. The van der Waals surface area contributed by atoms with Crippen molar-refractivity contribution < 1.29 is 4.74 Å². The minimum Gasteiger partial charge on any atom is -0.492 e. The molecule has 0 unspecified atom stereocenters. The third-order valence-corrected chi connectivity index (χ3v) is 3.88. The lowest BCUT2D eigenvalue weighted by molar-refractivity contribution is 0.314. The highest BCUT2D eigenvalue weighted by Crippen LogP contribution is 2.18. The number of hydrogen-bond donors (Lipinski definition) is 1. The second-order valence-corrected chi connectivity index (χ2v) is 5.49. The summed E-state index contributed by atoms with van der Waals surface area (Å²) >= 11 is 1.77. The monoisotopic (exact) mass is 284 g/mol. The number of hydrogen-bond acceptors (Lipinski definition) is 4. The van der Waals surface area contributed by atoms with Gasteiger partial charge in [-0.2, -0.15) is 0 Å². The number of rotatable bonds is 6. The Labute approximate surface area is 122 Å². The second kappa shape index (κ2) is 6.50. The van der Waals surface area contributed by atoms with Crippen LogP contribution in [-0.2, 0) is 6.54 Å². The quantitative estimate of drug-likeness (QED) is 0.704. The summed E-state index contributed by atoms with van der Waals surface area (Å²) in [6.07, 6.45) is 1.80. The van der Waals surface area contributed by atoms with Gasteiger partial charge in [-0.15, -0.1) is 11.3 Å². The molecule has 2 aromatic heterocycles. The fourth-order valence-electron chi connectivity index (χ4n) is 2.00. The normalized spacial score (nSPS) is 10.8. The van der Waals surface area contributed by atoms with E-state index in [2.05, 4.69) is 33.9 Å². The summed E-state index contributed by atoms with van der Waals surface area (Å²) in [5.74, 6) is 0.870. The Hall–Kier alpha value is -1.91. The average Bonchev–Trinajstić information content (AvgIpc) is 3.00. The number of pyridine rings is 1. The van der Waals surface area contributed by atoms with Crippen molar-refractivity contribution in [3.05, 3.63) is 58.9 Å². The molecule has 0 bridgehead atoms. The van der Waals surface area contributed by atoms with Crippen LogP contribution in [0.15, 0.2) is 54.0 Å². The molecule has 0 saturated heterocycles. The number of nitrogens with zero attached hydrogens (tertiary/aromatic N) is 1. The minimum atomic E-state index is 0.656. The summed E-state index contributed by atoms with van der Waals surface area (Å²) in [6.45, 7) is 2.39. The standard InChI is InChI=1S/C16H16N2OS/c1-3-13-5-6-14(11-16(13)18-7-1)19-9-8-17-12-15-4-2-10-20-15/h1-7,10-11,17H,8-9,12H2. The van der Waals surface area contributed by atoms with Gasteiger partial charge in [-0.3, -0.25) is 4.98 Å². The van der Waals surface area contributed by atoms with Crippen molar-refractivity contribution in [3.8, 4) is 5.75 Å². The van der Waals surface area contributed by atoms with E-state index in [-0.39, 0.29) is 0 Å². The third kappa shape index (κ3) is 3.35. The number of ether oxygens (including phenoxy) is 1. The van der Waals surface area contributed by atoms with Gasteiger partial charge in [-0.05, 0) is 29.6 Å². The fraction of sp³-hybridized carbons (Fsp3) is 0.188. The van der Waals surface area contributed by atoms with Crippen molar-refractivity contribution in [1.82, 2.24) is 10.3 Å². The maximum Gasteiger partial charge on any atom is 0.121 e. The summed E-state index contributed by atoms with van der Waals surface area (Å²) in [7, 11) is 0. The predicted molar refractivity (Wildman–Crippen MR) is 83.3 cm³/mol. The Balaban J connectivity index is 1.47. The van der Waals surface area contributed by atoms with Crippen LogP contribution in [0.5, 0.6) is 5.75 Å². The highest BCUT2D eigenvalue weighted by atomic mass is 32.1. The molecule has 0 aliphatic heterocycles. The van der Waals surface area contributed by atoms with Gasteiger partial charge in [0.05, 0.1) is 5.52 Å². The zero-order valence-electron chi connectivity index (χ0n) is 11.1. The number of aromatic nitrogens is 1. The van der Waals surface area contributed by atoms with E-state index in [1.165, 1.54) is 4.88 Å². The first-order valence-electron chi connectivity index (χ1n) is 6.62. The maximum atomic E-state index is 5.73. The van der Waals surface area contributed by atoms with Crippen molar-refractivity contribution in [2.75, 3.05) is 13.2 Å². The lowest BCUT2D eigenvalue weighted by Crippen LogP contribution is -2.20. The highest BCUT2D eigenvalue weighted by molar-refractivity contribution is 7.09. The summed E-state index contributed by atoms with van der Waals surface area (Å²) in [5.41, 5.74) is 0.969. The molecule has 3 rings (SSSR count). The average molecular weight is 284 g/mol.